The molecule has 1 aromatic carbocycles. The minimum Gasteiger partial charge on any atom is -0.484 e. The molecule has 124 valence electrons. The van der Waals surface area contributed by atoms with Crippen molar-refractivity contribution in [3.8, 4) is 17.0 Å². The van der Waals surface area contributed by atoms with E-state index in [2.05, 4.69) is 15.8 Å². The van der Waals surface area contributed by atoms with Crippen LogP contribution in [0, 0.1) is 6.92 Å². The van der Waals surface area contributed by atoms with E-state index < -0.39 is 0 Å². The van der Waals surface area contributed by atoms with Gasteiger partial charge in [-0.3, -0.25) is 9.48 Å². The molecule has 0 atom stereocenters. The van der Waals surface area contributed by atoms with E-state index in [0.29, 0.717) is 18.8 Å². The molecule has 0 spiro atoms. The van der Waals surface area contributed by atoms with Gasteiger partial charge in [0.1, 0.15) is 5.75 Å². The maximum absolute atomic E-state index is 11.8. The van der Waals surface area contributed by atoms with Gasteiger partial charge in [0.05, 0.1) is 12.2 Å². The molecule has 24 heavy (non-hydrogen) atoms. The van der Waals surface area contributed by atoms with Gasteiger partial charge in [-0.15, -0.1) is 0 Å². The van der Waals surface area contributed by atoms with E-state index in [-0.39, 0.29) is 12.5 Å². The molecule has 0 aliphatic carbocycles. The quantitative estimate of drug-likeness (QED) is 0.718. The topological polar surface area (TPSA) is 56.1 Å². The van der Waals surface area contributed by atoms with Crippen LogP contribution >= 0.6 is 11.3 Å². The van der Waals surface area contributed by atoms with Crippen LogP contribution < -0.4 is 10.1 Å². The van der Waals surface area contributed by atoms with Gasteiger partial charge in [0.15, 0.2) is 6.61 Å². The number of nitrogens with one attached hydrogen (secondary N) is 1. The number of amides is 1. The van der Waals surface area contributed by atoms with Gasteiger partial charge >= 0.3 is 0 Å². The molecule has 2 aromatic heterocycles. The summed E-state index contributed by atoms with van der Waals surface area (Å²) in [6.07, 6.45) is 1.92. The molecule has 6 heteroatoms. The molecule has 0 unspecified atom stereocenters. The van der Waals surface area contributed by atoms with Crippen LogP contribution in [-0.2, 0) is 11.3 Å². The van der Waals surface area contributed by atoms with Crippen molar-refractivity contribution in [3.63, 3.8) is 0 Å². The van der Waals surface area contributed by atoms with Crippen LogP contribution in [0.3, 0.4) is 0 Å². The Kier molecular flexibility index (Phi) is 5.28. The smallest absolute Gasteiger partial charge is 0.258 e. The molecule has 1 amide bonds. The van der Waals surface area contributed by atoms with Crippen molar-refractivity contribution in [1.29, 1.82) is 0 Å². The molecule has 0 saturated heterocycles. The number of aromatic nitrogens is 2. The Bertz CT molecular complexity index is 796. The molecule has 3 rings (SSSR count). The average molecular weight is 341 g/mol. The van der Waals surface area contributed by atoms with E-state index in [1.54, 1.807) is 11.3 Å². The van der Waals surface area contributed by atoms with Gasteiger partial charge in [-0.05, 0) is 42.1 Å². The summed E-state index contributed by atoms with van der Waals surface area (Å²) in [6.45, 7) is 3.14. The van der Waals surface area contributed by atoms with Crippen molar-refractivity contribution in [2.75, 3.05) is 13.2 Å². The Balaban J connectivity index is 1.40. The molecule has 0 saturated carbocycles. The Labute approximate surface area is 144 Å². The lowest BCUT2D eigenvalue weighted by Gasteiger charge is -2.08. The van der Waals surface area contributed by atoms with E-state index in [1.165, 1.54) is 0 Å². The number of thiophene rings is 1. The molecule has 0 aliphatic heterocycles. The summed E-state index contributed by atoms with van der Waals surface area (Å²) in [5.74, 6) is 0.569. The van der Waals surface area contributed by atoms with Crippen molar-refractivity contribution in [2.24, 2.45) is 0 Å². The number of carbonyl (C=O) groups excluding carboxylic acids is 1. The predicted octanol–water partition coefficient (Wildman–Crippen LogP) is 3.12. The first-order chi connectivity index (χ1) is 11.7. The lowest BCUT2D eigenvalue weighted by Crippen LogP contribution is -2.31. The lowest BCUT2D eigenvalue weighted by molar-refractivity contribution is -0.123. The second kappa shape index (κ2) is 7.79. The van der Waals surface area contributed by atoms with Crippen molar-refractivity contribution < 1.29 is 9.53 Å². The summed E-state index contributed by atoms with van der Waals surface area (Å²) >= 11 is 1.65. The Hall–Kier alpha value is -2.60. The molecule has 0 radical (unpaired) electrons. The van der Waals surface area contributed by atoms with Crippen molar-refractivity contribution >= 4 is 17.2 Å². The molecule has 0 fully saturated rings. The van der Waals surface area contributed by atoms with Crippen molar-refractivity contribution in [1.82, 2.24) is 15.1 Å². The van der Waals surface area contributed by atoms with Crippen LogP contribution in [0.2, 0.25) is 0 Å². The van der Waals surface area contributed by atoms with Gasteiger partial charge in [-0.2, -0.15) is 16.4 Å². The normalized spacial score (nSPS) is 10.5. The predicted molar refractivity (Wildman–Crippen MR) is 95.2 cm³/mol. The van der Waals surface area contributed by atoms with Crippen molar-refractivity contribution in [3.05, 3.63) is 58.9 Å². The summed E-state index contributed by atoms with van der Waals surface area (Å²) < 4.78 is 7.30. The second-order valence-electron chi connectivity index (χ2n) is 5.43. The van der Waals surface area contributed by atoms with Gasteiger partial charge in [-0.1, -0.05) is 12.1 Å². The van der Waals surface area contributed by atoms with Crippen molar-refractivity contribution in [2.45, 2.75) is 13.5 Å². The Morgan fingerprint density at radius 2 is 2.25 bits per heavy atom. The summed E-state index contributed by atoms with van der Waals surface area (Å²) in [5.41, 5.74) is 3.17. The van der Waals surface area contributed by atoms with Gasteiger partial charge in [0.25, 0.3) is 5.91 Å². The zero-order chi connectivity index (χ0) is 16.8. The van der Waals surface area contributed by atoms with Crippen LogP contribution in [0.5, 0.6) is 5.75 Å². The lowest BCUT2D eigenvalue weighted by atomic mass is 10.2. The first-order valence-corrected chi connectivity index (χ1v) is 8.67. The Morgan fingerprint density at radius 3 is 3.04 bits per heavy atom. The van der Waals surface area contributed by atoms with Crippen LogP contribution in [0.1, 0.15) is 5.56 Å². The van der Waals surface area contributed by atoms with E-state index in [0.717, 1.165) is 16.8 Å². The van der Waals surface area contributed by atoms with Crippen LogP contribution in [-0.4, -0.2) is 28.8 Å². The summed E-state index contributed by atoms with van der Waals surface area (Å²) in [7, 11) is 0. The SMILES string of the molecule is Cc1cccc(OCC(=O)NCCn2ccc(-c3ccsc3)n2)c1. The number of hydrogen-bond donors (Lipinski definition) is 1. The first-order valence-electron chi connectivity index (χ1n) is 7.73. The number of ether oxygens (including phenoxy) is 1. The zero-order valence-electron chi connectivity index (χ0n) is 13.4. The van der Waals surface area contributed by atoms with Crippen LogP contribution in [0.15, 0.2) is 53.4 Å². The fourth-order valence-corrected chi connectivity index (χ4v) is 2.91. The third kappa shape index (κ3) is 4.45. The molecule has 0 aliphatic rings. The zero-order valence-corrected chi connectivity index (χ0v) is 14.3. The molecule has 1 N–H and O–H groups in total. The summed E-state index contributed by atoms with van der Waals surface area (Å²) in [5, 5.41) is 11.4. The summed E-state index contributed by atoms with van der Waals surface area (Å²) in [6, 6.07) is 11.7. The van der Waals surface area contributed by atoms with Crippen LogP contribution in [0.25, 0.3) is 11.3 Å². The Morgan fingerprint density at radius 1 is 1.33 bits per heavy atom. The minimum absolute atomic E-state index is 0.0166. The highest BCUT2D eigenvalue weighted by Crippen LogP contribution is 2.19. The molecule has 5 nitrogen and oxygen atoms in total. The van der Waals surface area contributed by atoms with Gasteiger partial charge in [0, 0.05) is 23.7 Å². The number of nitrogens with zero attached hydrogens (tertiary/aromatic N) is 2. The molecule has 2 heterocycles. The minimum atomic E-state index is -0.137. The summed E-state index contributed by atoms with van der Waals surface area (Å²) in [4.78, 5) is 11.8. The average Bonchev–Trinajstić information content (AvgIpc) is 3.24. The van der Waals surface area contributed by atoms with E-state index in [1.807, 2.05) is 59.6 Å². The fraction of sp³-hybridized carbons (Fsp3) is 0.222. The van der Waals surface area contributed by atoms with Crippen LogP contribution in [0.4, 0.5) is 0 Å². The number of benzene rings is 1. The monoisotopic (exact) mass is 341 g/mol. The highest BCUT2D eigenvalue weighted by molar-refractivity contribution is 7.08. The molecular weight excluding hydrogens is 322 g/mol. The van der Waals surface area contributed by atoms with E-state index >= 15 is 0 Å². The van der Waals surface area contributed by atoms with E-state index in [4.69, 9.17) is 4.74 Å². The first kappa shape index (κ1) is 16.3. The third-order valence-electron chi connectivity index (χ3n) is 3.48. The number of hydrogen-bond acceptors (Lipinski definition) is 4. The molecule has 3 aromatic rings. The number of carbonyl (C=O) groups is 1. The molecular formula is C18H19N3O2S. The highest BCUT2D eigenvalue weighted by Gasteiger charge is 2.05. The number of rotatable bonds is 7. The third-order valence-corrected chi connectivity index (χ3v) is 4.16. The maximum Gasteiger partial charge on any atom is 0.258 e. The largest absolute Gasteiger partial charge is 0.484 e. The second-order valence-corrected chi connectivity index (χ2v) is 6.21. The van der Waals surface area contributed by atoms with Gasteiger partial charge in [0.2, 0.25) is 0 Å². The molecule has 0 bridgehead atoms. The van der Waals surface area contributed by atoms with Gasteiger partial charge < -0.3 is 10.1 Å². The fourth-order valence-electron chi connectivity index (χ4n) is 2.27. The highest BCUT2D eigenvalue weighted by atomic mass is 32.1. The van der Waals surface area contributed by atoms with E-state index in [9.17, 15) is 4.79 Å². The standard InChI is InChI=1S/C18H19N3O2S/c1-14-3-2-4-16(11-14)23-12-18(22)19-7-9-21-8-5-17(20-21)15-6-10-24-13-15/h2-6,8,10-11,13H,7,9,12H2,1H3,(H,19,22). The maximum atomic E-state index is 11.8. The number of aryl methyl sites for hydroxylation is 1. The van der Waals surface area contributed by atoms with Gasteiger partial charge in [-0.25, -0.2) is 0 Å².